The van der Waals surface area contributed by atoms with E-state index in [9.17, 15) is 14.4 Å². The lowest BCUT2D eigenvalue weighted by atomic mass is 10.0. The van der Waals surface area contributed by atoms with Crippen molar-refractivity contribution in [3.8, 4) is 0 Å². The Kier molecular flexibility index (Phi) is 7.14. The Balaban J connectivity index is 2.26. The summed E-state index contributed by atoms with van der Waals surface area (Å²) in [7, 11) is 1.13. The third kappa shape index (κ3) is 5.97. The highest BCUT2D eigenvalue weighted by molar-refractivity contribution is 6.30. The van der Waals surface area contributed by atoms with Gasteiger partial charge in [-0.3, -0.25) is 10.1 Å². The highest BCUT2D eigenvalue weighted by Gasteiger charge is 2.23. The molecule has 140 valence electrons. The topological polar surface area (TPSA) is 81.7 Å². The third-order valence-corrected chi connectivity index (χ3v) is 3.80. The quantitative estimate of drug-likeness (QED) is 0.480. The van der Waals surface area contributed by atoms with Crippen LogP contribution in [0.3, 0.4) is 0 Å². The number of hydrogen-bond acceptors (Lipinski definition) is 5. The van der Waals surface area contributed by atoms with E-state index in [1.165, 1.54) is 6.92 Å². The Morgan fingerprint density at radius 1 is 1.04 bits per heavy atom. The van der Waals surface area contributed by atoms with E-state index in [0.717, 1.165) is 12.7 Å². The number of nitrogens with one attached hydrogen (secondary N) is 1. The number of carbonyl (C=O) groups is 3. The van der Waals surface area contributed by atoms with Gasteiger partial charge in [0.2, 0.25) is 0 Å². The monoisotopic (exact) mass is 387 g/mol. The van der Waals surface area contributed by atoms with Gasteiger partial charge in [-0.15, -0.1) is 0 Å². The first-order chi connectivity index (χ1) is 12.9. The molecule has 2 rings (SSSR count). The lowest BCUT2D eigenvalue weighted by molar-refractivity contribution is -0.149. The second-order valence-electron chi connectivity index (χ2n) is 5.50. The van der Waals surface area contributed by atoms with E-state index in [2.05, 4.69) is 4.74 Å². The van der Waals surface area contributed by atoms with Gasteiger partial charge in [0.15, 0.2) is 6.10 Å². The largest absolute Gasteiger partial charge is 0.453 e. The van der Waals surface area contributed by atoms with E-state index >= 15 is 0 Å². The zero-order chi connectivity index (χ0) is 19.8. The number of imide groups is 1. The van der Waals surface area contributed by atoms with E-state index in [0.29, 0.717) is 10.6 Å². The first-order valence-electron chi connectivity index (χ1n) is 8.03. The number of rotatable bonds is 5. The molecule has 1 N–H and O–H groups in total. The maximum Gasteiger partial charge on any atom is 0.413 e. The van der Waals surface area contributed by atoms with E-state index in [-0.39, 0.29) is 5.57 Å². The second-order valence-corrected chi connectivity index (χ2v) is 5.94. The molecule has 0 aliphatic carbocycles. The van der Waals surface area contributed by atoms with Crippen molar-refractivity contribution in [1.29, 1.82) is 0 Å². The van der Waals surface area contributed by atoms with Crippen molar-refractivity contribution < 1.29 is 23.9 Å². The maximum absolute atomic E-state index is 12.7. The highest BCUT2D eigenvalue weighted by atomic mass is 35.5. The second kappa shape index (κ2) is 9.54. The Bertz CT molecular complexity index is 846. The number of amides is 2. The van der Waals surface area contributed by atoms with Gasteiger partial charge in [-0.1, -0.05) is 54.1 Å². The van der Waals surface area contributed by atoms with Gasteiger partial charge in [-0.05, 0) is 36.3 Å². The van der Waals surface area contributed by atoms with Gasteiger partial charge >= 0.3 is 12.1 Å². The van der Waals surface area contributed by atoms with E-state index in [1.54, 1.807) is 30.3 Å². The van der Waals surface area contributed by atoms with E-state index in [4.69, 9.17) is 16.3 Å². The van der Waals surface area contributed by atoms with Crippen molar-refractivity contribution in [2.24, 2.45) is 0 Å². The molecule has 0 fully saturated rings. The van der Waals surface area contributed by atoms with Gasteiger partial charge in [0.25, 0.3) is 5.91 Å². The van der Waals surface area contributed by atoms with Gasteiger partial charge in [-0.2, -0.15) is 0 Å². The zero-order valence-corrected chi connectivity index (χ0v) is 15.5. The SMILES string of the molecule is COC(=O)NC(=O)[C@H](C)OC(=O)/C(=C/c1ccccc1)c1ccc(Cl)cc1. The molecule has 2 aromatic carbocycles. The molecule has 0 radical (unpaired) electrons. The number of benzene rings is 2. The molecule has 7 heteroatoms. The Hall–Kier alpha value is -3.12. The molecule has 1 atom stereocenters. The molecule has 2 amide bonds. The van der Waals surface area contributed by atoms with Crippen LogP contribution >= 0.6 is 11.6 Å². The molecule has 0 bridgehead atoms. The number of ether oxygens (including phenoxy) is 2. The van der Waals surface area contributed by atoms with Crippen LogP contribution in [0.5, 0.6) is 0 Å². The molecule has 0 aromatic heterocycles. The third-order valence-electron chi connectivity index (χ3n) is 3.55. The van der Waals surface area contributed by atoms with Crippen molar-refractivity contribution in [1.82, 2.24) is 5.32 Å². The summed E-state index contributed by atoms with van der Waals surface area (Å²) in [6.45, 7) is 1.36. The van der Waals surface area contributed by atoms with Gasteiger partial charge in [0.1, 0.15) is 0 Å². The van der Waals surface area contributed by atoms with Crippen molar-refractivity contribution in [2.45, 2.75) is 13.0 Å². The van der Waals surface area contributed by atoms with Crippen molar-refractivity contribution in [3.05, 3.63) is 70.7 Å². The minimum absolute atomic E-state index is 0.246. The number of esters is 1. The van der Waals surface area contributed by atoms with E-state index in [1.807, 2.05) is 35.6 Å². The minimum Gasteiger partial charge on any atom is -0.453 e. The number of halogens is 1. The average molecular weight is 388 g/mol. The summed E-state index contributed by atoms with van der Waals surface area (Å²) < 4.78 is 9.56. The molecular weight excluding hydrogens is 370 g/mol. The molecule has 0 aliphatic rings. The van der Waals surface area contributed by atoms with Crippen molar-refractivity contribution in [3.63, 3.8) is 0 Å². The fourth-order valence-electron chi connectivity index (χ4n) is 2.14. The molecule has 6 nitrogen and oxygen atoms in total. The fraction of sp³-hybridized carbons (Fsp3) is 0.150. The molecule has 2 aromatic rings. The molecule has 27 heavy (non-hydrogen) atoms. The molecule has 0 aliphatic heterocycles. The normalized spacial score (nSPS) is 12.0. The Morgan fingerprint density at radius 2 is 1.67 bits per heavy atom. The Labute approximate surface area is 161 Å². The standard InChI is InChI=1S/C20H18ClNO5/c1-13(18(23)22-20(25)26-2)27-19(24)17(12-14-6-4-3-5-7-14)15-8-10-16(21)11-9-15/h3-13H,1-2H3,(H,22,23,25)/b17-12+/t13-/m0/s1. The number of hydrogen-bond donors (Lipinski definition) is 1. The van der Waals surface area contributed by atoms with Crippen LogP contribution in [0.25, 0.3) is 11.6 Å². The summed E-state index contributed by atoms with van der Waals surface area (Å²) in [5.41, 5.74) is 1.61. The number of methoxy groups -OCH3 is 1. The van der Waals surface area contributed by atoms with Gasteiger partial charge in [-0.25, -0.2) is 9.59 Å². The summed E-state index contributed by atoms with van der Waals surface area (Å²) in [6, 6.07) is 15.8. The molecule has 0 heterocycles. The van der Waals surface area contributed by atoms with Crippen molar-refractivity contribution in [2.75, 3.05) is 7.11 Å². The van der Waals surface area contributed by atoms with Crippen LogP contribution in [0, 0.1) is 0 Å². The molecule has 0 unspecified atom stereocenters. The molecule has 0 saturated carbocycles. The highest BCUT2D eigenvalue weighted by Crippen LogP contribution is 2.22. The first kappa shape index (κ1) is 20.2. The molecular formula is C20H18ClNO5. The maximum atomic E-state index is 12.7. The van der Waals surface area contributed by atoms with Crippen LogP contribution in [0.15, 0.2) is 54.6 Å². The van der Waals surface area contributed by atoms with Crippen LogP contribution in [0.2, 0.25) is 5.02 Å². The summed E-state index contributed by atoms with van der Waals surface area (Å²) in [5, 5.41) is 2.48. The van der Waals surface area contributed by atoms with Gasteiger partial charge in [0.05, 0.1) is 12.7 Å². The predicted molar refractivity (Wildman–Crippen MR) is 102 cm³/mol. The van der Waals surface area contributed by atoms with Crippen LogP contribution in [0.1, 0.15) is 18.1 Å². The Morgan fingerprint density at radius 3 is 2.26 bits per heavy atom. The van der Waals surface area contributed by atoms with Crippen LogP contribution < -0.4 is 5.32 Å². The average Bonchev–Trinajstić information content (AvgIpc) is 2.67. The van der Waals surface area contributed by atoms with Gasteiger partial charge in [0, 0.05) is 5.02 Å². The lowest BCUT2D eigenvalue weighted by Gasteiger charge is -2.14. The van der Waals surface area contributed by atoms with Crippen molar-refractivity contribution >= 4 is 41.2 Å². The summed E-state index contributed by atoms with van der Waals surface area (Å²) in [5.74, 6) is -1.50. The van der Waals surface area contributed by atoms with Crippen LogP contribution in [-0.4, -0.2) is 31.2 Å². The van der Waals surface area contributed by atoms with Crippen LogP contribution in [0.4, 0.5) is 4.79 Å². The smallest absolute Gasteiger partial charge is 0.413 e. The minimum atomic E-state index is -1.19. The summed E-state index contributed by atoms with van der Waals surface area (Å²) in [6.07, 6.45) is -0.472. The first-order valence-corrected chi connectivity index (χ1v) is 8.41. The number of alkyl carbamates (subject to hydrolysis) is 1. The zero-order valence-electron chi connectivity index (χ0n) is 14.8. The summed E-state index contributed by atoms with van der Waals surface area (Å²) >= 11 is 5.91. The summed E-state index contributed by atoms with van der Waals surface area (Å²) in [4.78, 5) is 35.7. The van der Waals surface area contributed by atoms with E-state index < -0.39 is 24.1 Å². The molecule has 0 saturated heterocycles. The molecule has 0 spiro atoms. The number of carbonyl (C=O) groups excluding carboxylic acids is 3. The lowest BCUT2D eigenvalue weighted by Crippen LogP contribution is -2.39. The van der Waals surface area contributed by atoms with Crippen LogP contribution in [-0.2, 0) is 19.1 Å². The fourth-order valence-corrected chi connectivity index (χ4v) is 2.26. The predicted octanol–water partition coefficient (Wildman–Crippen LogP) is 3.69. The van der Waals surface area contributed by atoms with Gasteiger partial charge < -0.3 is 9.47 Å².